The van der Waals surface area contributed by atoms with E-state index in [1.807, 2.05) is 0 Å². The van der Waals surface area contributed by atoms with Gasteiger partial charge in [-0.05, 0) is 24.7 Å². The zero-order valence-electron chi connectivity index (χ0n) is 10.7. The Bertz CT molecular complexity index is 186. The van der Waals surface area contributed by atoms with E-state index in [0.29, 0.717) is 5.92 Å². The summed E-state index contributed by atoms with van der Waals surface area (Å²) in [5, 5.41) is 0. The van der Waals surface area contributed by atoms with Crippen LogP contribution in [-0.4, -0.2) is 23.0 Å². The van der Waals surface area contributed by atoms with E-state index in [0.717, 1.165) is 6.61 Å². The van der Waals surface area contributed by atoms with Gasteiger partial charge in [-0.2, -0.15) is 0 Å². The third-order valence-electron chi connectivity index (χ3n) is 2.24. The van der Waals surface area contributed by atoms with Crippen LogP contribution in [0.1, 0.15) is 13.8 Å². The summed E-state index contributed by atoms with van der Waals surface area (Å²) in [6.07, 6.45) is 0. The molecule has 84 valence electrons. The van der Waals surface area contributed by atoms with E-state index in [1.165, 1.54) is 5.67 Å². The van der Waals surface area contributed by atoms with Gasteiger partial charge in [-0.3, -0.25) is 0 Å². The first-order valence-corrected chi connectivity index (χ1v) is 11.9. The van der Waals surface area contributed by atoms with Crippen molar-refractivity contribution in [3.63, 3.8) is 0 Å². The van der Waals surface area contributed by atoms with Crippen LogP contribution in [0.2, 0.25) is 31.9 Å². The van der Waals surface area contributed by atoms with Crippen LogP contribution in [0, 0.1) is 5.92 Å². The van der Waals surface area contributed by atoms with Crippen LogP contribution < -0.4 is 0 Å². The maximum Gasteiger partial charge on any atom is 0.184 e. The maximum atomic E-state index is 6.05. The van der Waals surface area contributed by atoms with Gasteiger partial charge in [0.2, 0.25) is 0 Å². The van der Waals surface area contributed by atoms with Crippen molar-refractivity contribution in [3.05, 3.63) is 12.3 Å². The topological polar surface area (TPSA) is 9.23 Å². The first kappa shape index (κ1) is 14.1. The van der Waals surface area contributed by atoms with Crippen molar-refractivity contribution in [1.82, 2.24) is 0 Å². The van der Waals surface area contributed by atoms with Gasteiger partial charge in [-0.15, -0.1) is 12.3 Å². The molecule has 1 nitrogen and oxygen atoms in total. The highest BCUT2D eigenvalue weighted by atomic mass is 28.4. The Morgan fingerprint density at radius 2 is 1.71 bits per heavy atom. The monoisotopic (exact) mass is 230 g/mol. The van der Waals surface area contributed by atoms with Crippen LogP contribution in [0.25, 0.3) is 0 Å². The second kappa shape index (κ2) is 5.28. The zero-order chi connectivity index (χ0) is 11.4. The Hall–Kier alpha value is 0.134. The molecule has 0 aromatic carbocycles. The van der Waals surface area contributed by atoms with Crippen LogP contribution >= 0.6 is 0 Å². The van der Waals surface area contributed by atoms with Crippen molar-refractivity contribution in [3.8, 4) is 0 Å². The second-order valence-electron chi connectivity index (χ2n) is 5.83. The van der Waals surface area contributed by atoms with Gasteiger partial charge in [0.25, 0.3) is 0 Å². The molecular weight excluding hydrogens is 204 g/mol. The van der Waals surface area contributed by atoms with Gasteiger partial charge in [0.1, 0.15) is 0 Å². The van der Waals surface area contributed by atoms with Crippen molar-refractivity contribution in [2.24, 2.45) is 5.92 Å². The van der Waals surface area contributed by atoms with Gasteiger partial charge < -0.3 is 4.43 Å². The summed E-state index contributed by atoms with van der Waals surface area (Å²) in [7, 11) is -2.62. The lowest BCUT2D eigenvalue weighted by Gasteiger charge is -2.30. The fourth-order valence-corrected chi connectivity index (χ4v) is 12.2. The smallest absolute Gasteiger partial charge is 0.184 e. The van der Waals surface area contributed by atoms with Gasteiger partial charge in [0.05, 0.1) is 8.07 Å². The average molecular weight is 230 g/mol. The van der Waals surface area contributed by atoms with Crippen molar-refractivity contribution < 1.29 is 4.43 Å². The van der Waals surface area contributed by atoms with Gasteiger partial charge in [0, 0.05) is 6.61 Å². The molecule has 0 aliphatic rings. The highest BCUT2D eigenvalue weighted by molar-refractivity contribution is 6.95. The van der Waals surface area contributed by atoms with Gasteiger partial charge in [0.15, 0.2) is 8.32 Å². The highest BCUT2D eigenvalue weighted by Gasteiger charge is 2.31. The van der Waals surface area contributed by atoms with Gasteiger partial charge >= 0.3 is 0 Å². The SMILES string of the molecule is C=C[Si](C)(C)C[Si](C)(C)OCC(C)C. The molecule has 0 aromatic rings. The molecule has 0 amide bonds. The molecular formula is C11H26OSi2. The third kappa shape index (κ3) is 6.57. The molecule has 0 saturated carbocycles. The van der Waals surface area contributed by atoms with Crippen LogP contribution in [0.15, 0.2) is 12.3 Å². The zero-order valence-corrected chi connectivity index (χ0v) is 12.7. The summed E-state index contributed by atoms with van der Waals surface area (Å²) >= 11 is 0. The van der Waals surface area contributed by atoms with Crippen molar-refractivity contribution in [2.45, 2.75) is 45.7 Å². The highest BCUT2D eigenvalue weighted by Crippen LogP contribution is 2.21. The first-order valence-electron chi connectivity index (χ1n) is 5.46. The molecule has 0 radical (unpaired) electrons. The van der Waals surface area contributed by atoms with E-state index in [9.17, 15) is 0 Å². The minimum Gasteiger partial charge on any atom is -0.417 e. The average Bonchev–Trinajstić information content (AvgIpc) is 1.99. The minimum absolute atomic E-state index is 0.648. The normalized spacial score (nSPS) is 13.4. The molecule has 0 heterocycles. The quantitative estimate of drug-likeness (QED) is 0.630. The molecule has 0 fully saturated rings. The van der Waals surface area contributed by atoms with E-state index in [1.54, 1.807) is 0 Å². The van der Waals surface area contributed by atoms with Gasteiger partial charge in [-0.25, -0.2) is 0 Å². The number of hydrogen-bond acceptors (Lipinski definition) is 1. The summed E-state index contributed by atoms with van der Waals surface area (Å²) < 4.78 is 6.05. The molecule has 14 heavy (non-hydrogen) atoms. The molecule has 0 saturated heterocycles. The Balaban J connectivity index is 4.12. The van der Waals surface area contributed by atoms with Crippen LogP contribution in [0.3, 0.4) is 0 Å². The van der Waals surface area contributed by atoms with Crippen LogP contribution in [0.4, 0.5) is 0 Å². The largest absolute Gasteiger partial charge is 0.417 e. The lowest BCUT2D eigenvalue weighted by Crippen LogP contribution is -2.41. The van der Waals surface area contributed by atoms with Crippen molar-refractivity contribution in [2.75, 3.05) is 6.61 Å². The van der Waals surface area contributed by atoms with E-state index >= 15 is 0 Å². The van der Waals surface area contributed by atoms with Crippen LogP contribution in [-0.2, 0) is 4.43 Å². The van der Waals surface area contributed by atoms with E-state index in [4.69, 9.17) is 4.43 Å². The molecule has 0 N–H and O–H groups in total. The Morgan fingerprint density at radius 1 is 1.21 bits per heavy atom. The summed E-state index contributed by atoms with van der Waals surface area (Å²) in [4.78, 5) is 0. The molecule has 0 aliphatic carbocycles. The third-order valence-corrected chi connectivity index (χ3v) is 11.3. The minimum atomic E-state index is -1.43. The van der Waals surface area contributed by atoms with Crippen LogP contribution in [0.5, 0.6) is 0 Å². The molecule has 0 aliphatic heterocycles. The Labute approximate surface area is 91.7 Å². The summed E-state index contributed by atoms with van der Waals surface area (Å²) in [5.41, 5.74) is 3.47. The molecule has 0 atom stereocenters. The molecule has 0 unspecified atom stereocenters. The molecule has 0 spiro atoms. The fourth-order valence-electron chi connectivity index (χ4n) is 1.61. The standard InChI is InChI=1S/C11H26OSi2/c1-8-13(4,5)10-14(6,7)12-9-11(2)3/h8,11H,1,9-10H2,2-7H3. The molecule has 3 heteroatoms. The predicted molar refractivity (Wildman–Crippen MR) is 70.8 cm³/mol. The molecule has 0 aromatic heterocycles. The summed E-state index contributed by atoms with van der Waals surface area (Å²) in [6.45, 7) is 18.7. The van der Waals surface area contributed by atoms with E-state index in [2.05, 4.69) is 52.3 Å². The summed E-state index contributed by atoms with van der Waals surface area (Å²) in [5.74, 6) is 0.648. The first-order chi connectivity index (χ1) is 6.18. The molecule has 0 bridgehead atoms. The maximum absolute atomic E-state index is 6.05. The fraction of sp³-hybridized carbons (Fsp3) is 0.818. The number of rotatable bonds is 6. The van der Waals surface area contributed by atoms with E-state index < -0.39 is 16.4 Å². The Kier molecular flexibility index (Phi) is 5.33. The second-order valence-corrected chi connectivity index (χ2v) is 15.4. The predicted octanol–water partition coefficient (Wildman–Crippen LogP) is 3.84. The van der Waals surface area contributed by atoms with Crippen molar-refractivity contribution in [1.29, 1.82) is 0 Å². The molecule has 0 rings (SSSR count). The van der Waals surface area contributed by atoms with E-state index in [-0.39, 0.29) is 0 Å². The summed E-state index contributed by atoms with van der Waals surface area (Å²) in [6, 6.07) is 0. The number of hydrogen-bond donors (Lipinski definition) is 0. The lowest BCUT2D eigenvalue weighted by molar-refractivity contribution is 0.263. The van der Waals surface area contributed by atoms with Crippen molar-refractivity contribution >= 4 is 16.4 Å². The van der Waals surface area contributed by atoms with Gasteiger partial charge in [-0.1, -0.05) is 26.9 Å². The lowest BCUT2D eigenvalue weighted by atomic mass is 10.2. The Morgan fingerprint density at radius 3 is 2.07 bits per heavy atom.